The molecule has 1 saturated heterocycles. The Balaban J connectivity index is 1.78. The second-order valence-corrected chi connectivity index (χ2v) is 8.64. The number of hydrogen-bond acceptors (Lipinski definition) is 3. The van der Waals surface area contributed by atoms with Crippen LogP contribution in [-0.2, 0) is 16.0 Å². The molecule has 1 atom stereocenters. The number of aliphatic hydroxyl groups excluding tert-OH is 1. The number of rotatable bonds is 5. The van der Waals surface area contributed by atoms with E-state index in [0.29, 0.717) is 23.6 Å². The molecule has 31 heavy (non-hydrogen) atoms. The summed E-state index contributed by atoms with van der Waals surface area (Å²) < 4.78 is 0.884. The zero-order valence-corrected chi connectivity index (χ0v) is 18.8. The van der Waals surface area contributed by atoms with Gasteiger partial charge in [-0.05, 0) is 53.9 Å². The van der Waals surface area contributed by atoms with Crippen LogP contribution in [0, 0.1) is 0 Å². The van der Waals surface area contributed by atoms with E-state index in [4.69, 9.17) is 11.6 Å². The fourth-order valence-corrected chi connectivity index (χ4v) is 4.15. The molecule has 0 radical (unpaired) electrons. The van der Waals surface area contributed by atoms with Crippen molar-refractivity contribution in [3.8, 4) is 0 Å². The van der Waals surface area contributed by atoms with Gasteiger partial charge in [-0.25, -0.2) is 0 Å². The summed E-state index contributed by atoms with van der Waals surface area (Å²) in [7, 11) is 0. The molecule has 0 saturated carbocycles. The van der Waals surface area contributed by atoms with Crippen LogP contribution < -0.4 is 0 Å². The van der Waals surface area contributed by atoms with Crippen LogP contribution in [0.2, 0.25) is 5.02 Å². The molecule has 1 fully saturated rings. The van der Waals surface area contributed by atoms with E-state index in [1.54, 1.807) is 29.2 Å². The lowest BCUT2D eigenvalue weighted by Crippen LogP contribution is -2.31. The minimum atomic E-state index is -0.687. The Morgan fingerprint density at radius 3 is 2.23 bits per heavy atom. The molecule has 3 aromatic carbocycles. The van der Waals surface area contributed by atoms with E-state index in [1.165, 1.54) is 0 Å². The van der Waals surface area contributed by atoms with Crippen LogP contribution >= 0.6 is 27.5 Å². The zero-order valence-electron chi connectivity index (χ0n) is 16.5. The minimum Gasteiger partial charge on any atom is -0.507 e. The van der Waals surface area contributed by atoms with Gasteiger partial charge in [0.25, 0.3) is 11.7 Å². The summed E-state index contributed by atoms with van der Waals surface area (Å²) in [6.45, 7) is 0.354. The SMILES string of the molecule is O=C1C(=O)N(CCc2ccccc2)C(c2ccc(Br)cc2)/C1=C(\O)c1ccc(Cl)cc1. The van der Waals surface area contributed by atoms with E-state index in [2.05, 4.69) is 15.9 Å². The molecule has 6 heteroatoms. The number of benzene rings is 3. The van der Waals surface area contributed by atoms with Gasteiger partial charge < -0.3 is 10.0 Å². The highest BCUT2D eigenvalue weighted by molar-refractivity contribution is 9.10. The first-order valence-corrected chi connectivity index (χ1v) is 11.0. The Kier molecular flexibility index (Phi) is 6.25. The van der Waals surface area contributed by atoms with Gasteiger partial charge in [0, 0.05) is 21.6 Å². The number of Topliss-reactive ketones (excluding diaryl/α,β-unsaturated/α-hetero) is 1. The lowest BCUT2D eigenvalue weighted by Gasteiger charge is -2.25. The van der Waals surface area contributed by atoms with E-state index in [9.17, 15) is 14.7 Å². The second kappa shape index (κ2) is 9.08. The number of ketones is 1. The fraction of sp³-hybridized carbons (Fsp3) is 0.120. The summed E-state index contributed by atoms with van der Waals surface area (Å²) in [5.74, 6) is -1.50. The van der Waals surface area contributed by atoms with Crippen molar-refractivity contribution in [3.05, 3.63) is 111 Å². The zero-order chi connectivity index (χ0) is 22.0. The molecule has 0 aliphatic carbocycles. The van der Waals surface area contributed by atoms with Crippen molar-refractivity contribution in [3.63, 3.8) is 0 Å². The molecular weight excluding hydrogens is 478 g/mol. The topological polar surface area (TPSA) is 57.6 Å². The normalized spacial score (nSPS) is 17.9. The van der Waals surface area contributed by atoms with E-state index < -0.39 is 17.7 Å². The van der Waals surface area contributed by atoms with Crippen molar-refractivity contribution < 1.29 is 14.7 Å². The molecule has 0 spiro atoms. The van der Waals surface area contributed by atoms with Crippen LogP contribution in [0.4, 0.5) is 0 Å². The summed E-state index contributed by atoms with van der Waals surface area (Å²) in [6, 6.07) is 23.1. The first kappa shape index (κ1) is 21.3. The molecule has 1 heterocycles. The third-order valence-corrected chi connectivity index (χ3v) is 6.11. The molecule has 3 aromatic rings. The third kappa shape index (κ3) is 4.43. The van der Waals surface area contributed by atoms with Gasteiger partial charge >= 0.3 is 0 Å². The van der Waals surface area contributed by atoms with Gasteiger partial charge in [0.15, 0.2) is 0 Å². The Morgan fingerprint density at radius 2 is 1.58 bits per heavy atom. The van der Waals surface area contributed by atoms with Crippen LogP contribution in [0.15, 0.2) is 88.9 Å². The number of carbonyl (C=O) groups is 2. The second-order valence-electron chi connectivity index (χ2n) is 7.29. The van der Waals surface area contributed by atoms with Crippen molar-refractivity contribution in [1.29, 1.82) is 0 Å². The highest BCUT2D eigenvalue weighted by Gasteiger charge is 2.45. The number of carbonyl (C=O) groups excluding carboxylic acids is 2. The monoisotopic (exact) mass is 495 g/mol. The number of aliphatic hydroxyl groups is 1. The van der Waals surface area contributed by atoms with Gasteiger partial charge in [-0.2, -0.15) is 0 Å². The van der Waals surface area contributed by atoms with Crippen molar-refractivity contribution in [2.75, 3.05) is 6.54 Å². The fourth-order valence-electron chi connectivity index (χ4n) is 3.76. The summed E-state index contributed by atoms with van der Waals surface area (Å²) in [4.78, 5) is 27.5. The van der Waals surface area contributed by atoms with Crippen molar-refractivity contribution in [2.24, 2.45) is 0 Å². The maximum atomic E-state index is 13.0. The number of likely N-dealkylation sites (tertiary alicyclic amines) is 1. The van der Waals surface area contributed by atoms with Gasteiger partial charge in [-0.1, -0.05) is 70.0 Å². The molecule has 1 aliphatic heterocycles. The molecule has 1 amide bonds. The lowest BCUT2D eigenvalue weighted by molar-refractivity contribution is -0.139. The quantitative estimate of drug-likeness (QED) is 0.277. The molecule has 156 valence electrons. The summed E-state index contributed by atoms with van der Waals surface area (Å²) in [6.07, 6.45) is 0.599. The maximum absolute atomic E-state index is 13.0. The first-order chi connectivity index (χ1) is 15.0. The van der Waals surface area contributed by atoms with E-state index >= 15 is 0 Å². The Morgan fingerprint density at radius 1 is 0.935 bits per heavy atom. The average Bonchev–Trinajstić information content (AvgIpc) is 3.04. The highest BCUT2D eigenvalue weighted by atomic mass is 79.9. The molecular formula is C25H19BrClNO3. The van der Waals surface area contributed by atoms with Crippen molar-refractivity contribution in [2.45, 2.75) is 12.5 Å². The van der Waals surface area contributed by atoms with Gasteiger partial charge in [0.2, 0.25) is 0 Å². The summed E-state index contributed by atoms with van der Waals surface area (Å²) in [5, 5.41) is 11.5. The largest absolute Gasteiger partial charge is 0.507 e. The third-order valence-electron chi connectivity index (χ3n) is 5.33. The van der Waals surface area contributed by atoms with Gasteiger partial charge in [-0.3, -0.25) is 9.59 Å². The molecule has 4 nitrogen and oxygen atoms in total. The van der Waals surface area contributed by atoms with Crippen molar-refractivity contribution in [1.82, 2.24) is 4.90 Å². The minimum absolute atomic E-state index is 0.0858. The van der Waals surface area contributed by atoms with E-state index in [1.807, 2.05) is 54.6 Å². The number of amides is 1. The predicted octanol–water partition coefficient (Wildman–Crippen LogP) is 5.77. The summed E-state index contributed by atoms with van der Waals surface area (Å²) in [5.41, 5.74) is 2.35. The molecule has 1 aliphatic rings. The lowest BCUT2D eigenvalue weighted by atomic mass is 9.95. The van der Waals surface area contributed by atoms with E-state index in [-0.39, 0.29) is 11.3 Å². The number of hydrogen-bond donors (Lipinski definition) is 1. The first-order valence-electron chi connectivity index (χ1n) is 9.79. The van der Waals surface area contributed by atoms with Gasteiger partial charge in [-0.15, -0.1) is 0 Å². The molecule has 0 aromatic heterocycles. The smallest absolute Gasteiger partial charge is 0.295 e. The molecule has 1 unspecified atom stereocenters. The average molecular weight is 497 g/mol. The number of nitrogens with zero attached hydrogens (tertiary/aromatic N) is 1. The molecule has 4 rings (SSSR count). The molecule has 1 N–H and O–H groups in total. The van der Waals surface area contributed by atoms with Crippen molar-refractivity contribution >= 4 is 45.0 Å². The van der Waals surface area contributed by atoms with Crippen LogP contribution in [0.1, 0.15) is 22.7 Å². The standard InChI is InChI=1S/C25H19BrClNO3/c26-19-10-6-17(7-11-19)22-21(23(29)18-8-12-20(27)13-9-18)24(30)25(31)28(22)15-14-16-4-2-1-3-5-16/h1-13,22,29H,14-15H2/b23-21+. The number of halogens is 2. The highest BCUT2D eigenvalue weighted by Crippen LogP contribution is 2.39. The molecule has 0 bridgehead atoms. The summed E-state index contributed by atoms with van der Waals surface area (Å²) >= 11 is 9.38. The Bertz CT molecular complexity index is 1140. The Hall–Kier alpha value is -2.89. The van der Waals surface area contributed by atoms with E-state index in [0.717, 1.165) is 15.6 Å². The maximum Gasteiger partial charge on any atom is 0.295 e. The Labute approximate surface area is 193 Å². The van der Waals surface area contributed by atoms with Gasteiger partial charge in [0.1, 0.15) is 5.76 Å². The van der Waals surface area contributed by atoms with Crippen LogP contribution in [0.3, 0.4) is 0 Å². The van der Waals surface area contributed by atoms with Gasteiger partial charge in [0.05, 0.1) is 11.6 Å². The van der Waals surface area contributed by atoms with Crippen LogP contribution in [-0.4, -0.2) is 28.2 Å². The van der Waals surface area contributed by atoms with Crippen LogP contribution in [0.5, 0.6) is 0 Å². The van der Waals surface area contributed by atoms with Crippen LogP contribution in [0.25, 0.3) is 5.76 Å². The predicted molar refractivity (Wildman–Crippen MR) is 125 cm³/mol.